The minimum absolute atomic E-state index is 0.00887. The topological polar surface area (TPSA) is 24.9 Å². The molecular weight excluding hydrogens is 335 g/mol. The Morgan fingerprint density at radius 3 is 2.53 bits per heavy atom. The van der Waals surface area contributed by atoms with Gasteiger partial charge in [-0.05, 0) is 34.5 Å². The van der Waals surface area contributed by atoms with Crippen LogP contribution in [0.2, 0.25) is 0 Å². The van der Waals surface area contributed by atoms with Gasteiger partial charge in [-0.25, -0.2) is 13.8 Å². The fourth-order valence-corrected chi connectivity index (χ4v) is 2.45. The summed E-state index contributed by atoms with van der Waals surface area (Å²) in [5.41, 5.74) is -0.873. The molecule has 0 spiro atoms. The van der Waals surface area contributed by atoms with Crippen LogP contribution in [0.1, 0.15) is 24.8 Å². The maximum Gasteiger partial charge on any atom is 0.416 e. The summed E-state index contributed by atoms with van der Waals surface area (Å²) < 4.78 is 63.8. The predicted octanol–water partition coefficient (Wildman–Crippen LogP) is 4.46. The van der Waals surface area contributed by atoms with Gasteiger partial charge in [0.15, 0.2) is 0 Å². The second-order valence-corrected chi connectivity index (χ2v) is 5.31. The molecule has 2 rings (SSSR count). The molecule has 1 aliphatic rings. The number of nitrogens with one attached hydrogen (secondary N) is 1. The van der Waals surface area contributed by atoms with E-state index in [0.29, 0.717) is 0 Å². The standard InChI is InChI=1S/C11H10BrF5N2/c12-8-3-6(11(15,16)17)4-9(19-8)18-7-1-2-10(13,14)5-7/h3-4,7H,1-2,5H2,(H,18,19). The SMILES string of the molecule is FC1(F)CCC(Nc2cc(C(F)(F)F)cc(Br)n2)C1. The van der Waals surface area contributed by atoms with Gasteiger partial charge in [0.2, 0.25) is 5.92 Å². The first-order valence-electron chi connectivity index (χ1n) is 5.55. The first-order chi connectivity index (χ1) is 8.66. The second kappa shape index (κ2) is 4.88. The minimum Gasteiger partial charge on any atom is -0.367 e. The van der Waals surface area contributed by atoms with Gasteiger partial charge in [-0.2, -0.15) is 13.2 Å². The first-order valence-corrected chi connectivity index (χ1v) is 6.34. The molecule has 0 bridgehead atoms. The first kappa shape index (κ1) is 14.5. The number of alkyl halides is 5. The summed E-state index contributed by atoms with van der Waals surface area (Å²) in [4.78, 5) is 3.82. The Kier molecular flexibility index (Phi) is 3.72. The van der Waals surface area contributed by atoms with Crippen molar-refractivity contribution in [3.63, 3.8) is 0 Å². The van der Waals surface area contributed by atoms with Crippen molar-refractivity contribution in [2.45, 2.75) is 37.4 Å². The van der Waals surface area contributed by atoms with Crippen LogP contribution in [0.4, 0.5) is 27.8 Å². The number of hydrogen-bond acceptors (Lipinski definition) is 2. The highest BCUT2D eigenvalue weighted by Gasteiger charge is 2.39. The van der Waals surface area contributed by atoms with E-state index in [4.69, 9.17) is 0 Å². The van der Waals surface area contributed by atoms with E-state index in [1.807, 2.05) is 0 Å². The Bertz CT molecular complexity index is 475. The van der Waals surface area contributed by atoms with Crippen LogP contribution in [-0.2, 0) is 6.18 Å². The summed E-state index contributed by atoms with van der Waals surface area (Å²) >= 11 is 2.88. The van der Waals surface area contributed by atoms with Gasteiger partial charge >= 0.3 is 6.18 Å². The normalized spacial score (nSPS) is 22.5. The monoisotopic (exact) mass is 344 g/mol. The molecule has 1 N–H and O–H groups in total. The number of anilines is 1. The smallest absolute Gasteiger partial charge is 0.367 e. The lowest BCUT2D eigenvalue weighted by molar-refractivity contribution is -0.137. The van der Waals surface area contributed by atoms with Gasteiger partial charge in [-0.15, -0.1) is 0 Å². The van der Waals surface area contributed by atoms with E-state index >= 15 is 0 Å². The van der Waals surface area contributed by atoms with E-state index in [-0.39, 0.29) is 29.7 Å². The lowest BCUT2D eigenvalue weighted by Crippen LogP contribution is -2.20. The molecule has 1 aromatic heterocycles. The predicted molar refractivity (Wildman–Crippen MR) is 63.1 cm³/mol. The van der Waals surface area contributed by atoms with Gasteiger partial charge in [-0.3, -0.25) is 0 Å². The molecule has 1 unspecified atom stereocenters. The molecule has 0 aromatic carbocycles. The zero-order valence-corrected chi connectivity index (χ0v) is 11.2. The molecule has 1 aliphatic carbocycles. The molecule has 106 valence electrons. The zero-order chi connectivity index (χ0) is 14.3. The Hall–Kier alpha value is -0.920. The van der Waals surface area contributed by atoms with E-state index in [9.17, 15) is 22.0 Å². The molecule has 0 amide bonds. The number of hydrogen-bond donors (Lipinski definition) is 1. The quantitative estimate of drug-likeness (QED) is 0.632. The van der Waals surface area contributed by atoms with E-state index in [0.717, 1.165) is 12.1 Å². The molecule has 19 heavy (non-hydrogen) atoms. The van der Waals surface area contributed by atoms with Crippen molar-refractivity contribution in [3.8, 4) is 0 Å². The maximum absolute atomic E-state index is 13.0. The molecular formula is C11H10BrF5N2. The highest BCUT2D eigenvalue weighted by molar-refractivity contribution is 9.10. The Balaban J connectivity index is 2.15. The molecule has 0 aliphatic heterocycles. The van der Waals surface area contributed by atoms with Gasteiger partial charge in [0.1, 0.15) is 10.4 Å². The van der Waals surface area contributed by atoms with Crippen LogP contribution in [-0.4, -0.2) is 16.9 Å². The summed E-state index contributed by atoms with van der Waals surface area (Å²) in [7, 11) is 0. The van der Waals surface area contributed by atoms with Crippen molar-refractivity contribution in [3.05, 3.63) is 22.3 Å². The molecule has 1 heterocycles. The second-order valence-electron chi connectivity index (χ2n) is 4.50. The van der Waals surface area contributed by atoms with E-state index < -0.39 is 23.7 Å². The summed E-state index contributed by atoms with van der Waals surface area (Å²) in [6.07, 6.45) is -4.93. The number of rotatable bonds is 2. The van der Waals surface area contributed by atoms with Crippen molar-refractivity contribution >= 4 is 21.7 Å². The fourth-order valence-electron chi connectivity index (χ4n) is 2.02. The third kappa shape index (κ3) is 3.77. The fraction of sp³-hybridized carbons (Fsp3) is 0.545. The third-order valence-corrected chi connectivity index (χ3v) is 3.28. The Labute approximate surface area is 114 Å². The number of aromatic nitrogens is 1. The maximum atomic E-state index is 13.0. The van der Waals surface area contributed by atoms with Crippen LogP contribution in [0.3, 0.4) is 0 Å². The van der Waals surface area contributed by atoms with Crippen LogP contribution in [0.15, 0.2) is 16.7 Å². The average Bonchev–Trinajstić information content (AvgIpc) is 2.55. The molecule has 1 aromatic rings. The minimum atomic E-state index is -4.50. The van der Waals surface area contributed by atoms with E-state index in [1.165, 1.54) is 0 Å². The lowest BCUT2D eigenvalue weighted by atomic mass is 10.2. The van der Waals surface area contributed by atoms with Crippen LogP contribution in [0.25, 0.3) is 0 Å². The van der Waals surface area contributed by atoms with E-state index in [2.05, 4.69) is 26.2 Å². The highest BCUT2D eigenvalue weighted by Crippen LogP contribution is 2.37. The van der Waals surface area contributed by atoms with Crippen LogP contribution >= 0.6 is 15.9 Å². The largest absolute Gasteiger partial charge is 0.416 e. The molecule has 8 heteroatoms. The van der Waals surface area contributed by atoms with Crippen molar-refractivity contribution in [1.82, 2.24) is 4.98 Å². The third-order valence-electron chi connectivity index (χ3n) is 2.88. The lowest BCUT2D eigenvalue weighted by Gasteiger charge is -2.15. The van der Waals surface area contributed by atoms with Gasteiger partial charge < -0.3 is 5.32 Å². The van der Waals surface area contributed by atoms with Gasteiger partial charge in [0.05, 0.1) is 5.56 Å². The molecule has 2 nitrogen and oxygen atoms in total. The molecule has 1 fully saturated rings. The van der Waals surface area contributed by atoms with Gasteiger partial charge in [0, 0.05) is 18.9 Å². The van der Waals surface area contributed by atoms with Crippen LogP contribution in [0.5, 0.6) is 0 Å². The van der Waals surface area contributed by atoms with Crippen molar-refractivity contribution in [1.29, 1.82) is 0 Å². The molecule has 1 saturated carbocycles. The summed E-state index contributed by atoms with van der Waals surface area (Å²) in [6.45, 7) is 0. The summed E-state index contributed by atoms with van der Waals surface area (Å²) in [5, 5.41) is 2.63. The van der Waals surface area contributed by atoms with Gasteiger partial charge in [-0.1, -0.05) is 0 Å². The van der Waals surface area contributed by atoms with Crippen molar-refractivity contribution in [2.75, 3.05) is 5.32 Å². The number of nitrogens with zero attached hydrogens (tertiary/aromatic N) is 1. The molecule has 1 atom stereocenters. The van der Waals surface area contributed by atoms with Crippen LogP contribution in [0, 0.1) is 0 Å². The van der Waals surface area contributed by atoms with Gasteiger partial charge in [0.25, 0.3) is 0 Å². The average molecular weight is 345 g/mol. The van der Waals surface area contributed by atoms with Crippen molar-refractivity contribution < 1.29 is 22.0 Å². The van der Waals surface area contributed by atoms with Crippen molar-refractivity contribution in [2.24, 2.45) is 0 Å². The van der Waals surface area contributed by atoms with E-state index in [1.54, 1.807) is 0 Å². The Morgan fingerprint density at radius 1 is 1.32 bits per heavy atom. The summed E-state index contributed by atoms with van der Waals surface area (Å²) in [5.74, 6) is -2.80. The van der Waals surface area contributed by atoms with Crippen LogP contribution < -0.4 is 5.32 Å². The number of pyridine rings is 1. The molecule has 0 saturated heterocycles. The zero-order valence-electron chi connectivity index (χ0n) is 9.57. The molecule has 0 radical (unpaired) electrons. The Morgan fingerprint density at radius 2 is 2.00 bits per heavy atom. The number of halogens is 6. The highest BCUT2D eigenvalue weighted by atomic mass is 79.9. The summed E-state index contributed by atoms with van der Waals surface area (Å²) in [6, 6.07) is 1.10.